The van der Waals surface area contributed by atoms with Crippen molar-refractivity contribution < 1.29 is 9.53 Å². The van der Waals surface area contributed by atoms with E-state index in [2.05, 4.69) is 51.1 Å². The zero-order chi connectivity index (χ0) is 18.8. The number of fused-ring (bicyclic) bond motifs is 1. The van der Waals surface area contributed by atoms with Crippen molar-refractivity contribution in [3.05, 3.63) is 52.0 Å². The lowest BCUT2D eigenvalue weighted by Crippen LogP contribution is -2.17. The molecular formula is C22H25NO2S. The number of carbonyl (C=O) groups excluding carboxylic acids is 1. The van der Waals surface area contributed by atoms with Crippen LogP contribution in [0.3, 0.4) is 0 Å². The summed E-state index contributed by atoms with van der Waals surface area (Å²) in [5, 5.41) is 1.13. The van der Waals surface area contributed by atoms with Crippen LogP contribution in [-0.2, 0) is 9.53 Å². The van der Waals surface area contributed by atoms with Crippen molar-refractivity contribution in [1.82, 2.24) is 4.98 Å². The lowest BCUT2D eigenvalue weighted by atomic mass is 9.85. The summed E-state index contributed by atoms with van der Waals surface area (Å²) < 4.78 is 5.14. The van der Waals surface area contributed by atoms with Crippen LogP contribution in [0.25, 0.3) is 21.3 Å². The summed E-state index contributed by atoms with van der Waals surface area (Å²) >= 11 is 1.70. The number of esters is 1. The van der Waals surface area contributed by atoms with Crippen molar-refractivity contribution in [2.75, 3.05) is 7.11 Å². The van der Waals surface area contributed by atoms with Gasteiger partial charge in [-0.15, -0.1) is 11.3 Å². The Hall–Kier alpha value is -2.20. The summed E-state index contributed by atoms with van der Waals surface area (Å²) in [6, 6.07) is 10.7. The zero-order valence-electron chi connectivity index (χ0n) is 16.1. The van der Waals surface area contributed by atoms with E-state index >= 15 is 0 Å². The molecule has 0 radical (unpaired) electrons. The van der Waals surface area contributed by atoms with Crippen molar-refractivity contribution in [1.29, 1.82) is 0 Å². The van der Waals surface area contributed by atoms with E-state index in [0.717, 1.165) is 45.4 Å². The second-order valence-electron chi connectivity index (χ2n) is 6.79. The van der Waals surface area contributed by atoms with Crippen LogP contribution in [0.15, 0.2) is 30.3 Å². The SMILES string of the molecule is CCCC(C(=O)OC)c1c(C)nc2sc(C)cc2c1-c1ccc(C)cc1. The molecule has 0 saturated heterocycles. The Kier molecular flexibility index (Phi) is 5.42. The normalized spacial score (nSPS) is 12.3. The van der Waals surface area contributed by atoms with Gasteiger partial charge in [-0.05, 0) is 49.9 Å². The maximum Gasteiger partial charge on any atom is 0.313 e. The third-order valence-electron chi connectivity index (χ3n) is 4.79. The van der Waals surface area contributed by atoms with Gasteiger partial charge in [0.2, 0.25) is 0 Å². The molecule has 0 fully saturated rings. The fourth-order valence-electron chi connectivity index (χ4n) is 3.57. The Morgan fingerprint density at radius 3 is 2.50 bits per heavy atom. The van der Waals surface area contributed by atoms with Crippen molar-refractivity contribution >= 4 is 27.5 Å². The van der Waals surface area contributed by atoms with Crippen LogP contribution >= 0.6 is 11.3 Å². The smallest absolute Gasteiger partial charge is 0.313 e. The molecule has 3 aromatic rings. The molecule has 0 aliphatic heterocycles. The molecule has 0 N–H and O–H groups in total. The molecule has 1 aromatic carbocycles. The first kappa shape index (κ1) is 18.6. The van der Waals surface area contributed by atoms with E-state index in [1.165, 1.54) is 17.6 Å². The molecular weight excluding hydrogens is 342 g/mol. The number of benzene rings is 1. The fraction of sp³-hybridized carbons (Fsp3) is 0.364. The largest absolute Gasteiger partial charge is 0.469 e. The molecule has 4 heteroatoms. The Labute approximate surface area is 159 Å². The maximum atomic E-state index is 12.6. The molecule has 0 saturated carbocycles. The van der Waals surface area contributed by atoms with E-state index in [0.29, 0.717) is 0 Å². The number of aryl methyl sites for hydroxylation is 3. The van der Waals surface area contributed by atoms with Gasteiger partial charge in [0.1, 0.15) is 4.83 Å². The standard InChI is InChI=1S/C22H25NO2S/c1-6-7-17(22(24)25-5)19-15(4)23-21-18(12-14(3)26-21)20(19)16-10-8-13(2)9-11-16/h8-12,17H,6-7H2,1-5H3. The van der Waals surface area contributed by atoms with Crippen molar-refractivity contribution in [3.63, 3.8) is 0 Å². The van der Waals surface area contributed by atoms with Crippen LogP contribution in [0.1, 0.15) is 47.4 Å². The minimum atomic E-state index is -0.293. The third-order valence-corrected chi connectivity index (χ3v) is 5.73. The highest BCUT2D eigenvalue weighted by molar-refractivity contribution is 7.18. The van der Waals surface area contributed by atoms with Crippen LogP contribution < -0.4 is 0 Å². The Bertz CT molecular complexity index is 941. The van der Waals surface area contributed by atoms with Crippen LogP contribution in [0, 0.1) is 20.8 Å². The molecule has 2 heterocycles. The Morgan fingerprint density at radius 1 is 1.19 bits per heavy atom. The average molecular weight is 368 g/mol. The van der Waals surface area contributed by atoms with Gasteiger partial charge in [-0.2, -0.15) is 0 Å². The fourth-order valence-corrected chi connectivity index (χ4v) is 4.51. The van der Waals surface area contributed by atoms with E-state index in [9.17, 15) is 4.79 Å². The monoisotopic (exact) mass is 367 g/mol. The summed E-state index contributed by atoms with van der Waals surface area (Å²) in [5.41, 5.74) is 5.40. The summed E-state index contributed by atoms with van der Waals surface area (Å²) in [7, 11) is 1.46. The number of rotatable bonds is 5. The minimum Gasteiger partial charge on any atom is -0.469 e. The molecule has 0 spiro atoms. The van der Waals surface area contributed by atoms with E-state index in [4.69, 9.17) is 9.72 Å². The van der Waals surface area contributed by atoms with Crippen LogP contribution in [0.2, 0.25) is 0 Å². The lowest BCUT2D eigenvalue weighted by molar-refractivity contribution is -0.142. The van der Waals surface area contributed by atoms with Gasteiger partial charge >= 0.3 is 5.97 Å². The van der Waals surface area contributed by atoms with Gasteiger partial charge < -0.3 is 4.74 Å². The van der Waals surface area contributed by atoms with Crippen molar-refractivity contribution in [3.8, 4) is 11.1 Å². The highest BCUT2D eigenvalue weighted by Crippen LogP contribution is 2.41. The first-order valence-electron chi connectivity index (χ1n) is 9.01. The number of ether oxygens (including phenoxy) is 1. The van der Waals surface area contributed by atoms with Crippen molar-refractivity contribution in [2.45, 2.75) is 46.5 Å². The molecule has 0 amide bonds. The molecule has 136 valence electrons. The first-order valence-corrected chi connectivity index (χ1v) is 9.83. The number of hydrogen-bond acceptors (Lipinski definition) is 4. The van der Waals surface area contributed by atoms with Gasteiger partial charge in [0.05, 0.1) is 13.0 Å². The number of methoxy groups -OCH3 is 1. The van der Waals surface area contributed by atoms with E-state index < -0.39 is 0 Å². The lowest BCUT2D eigenvalue weighted by Gasteiger charge is -2.21. The molecule has 0 aliphatic carbocycles. The quantitative estimate of drug-likeness (QED) is 0.523. The topological polar surface area (TPSA) is 39.2 Å². The highest BCUT2D eigenvalue weighted by Gasteiger charge is 2.28. The third kappa shape index (κ3) is 3.38. The van der Waals surface area contributed by atoms with Crippen LogP contribution in [0.4, 0.5) is 0 Å². The predicted molar refractivity (Wildman–Crippen MR) is 109 cm³/mol. The molecule has 0 bridgehead atoms. The maximum absolute atomic E-state index is 12.6. The summed E-state index contributed by atoms with van der Waals surface area (Å²) in [4.78, 5) is 19.7. The van der Waals surface area contributed by atoms with Crippen LogP contribution in [0.5, 0.6) is 0 Å². The van der Waals surface area contributed by atoms with Gasteiger partial charge in [0, 0.05) is 16.0 Å². The summed E-state index contributed by atoms with van der Waals surface area (Å²) in [5.74, 6) is -0.477. The van der Waals surface area contributed by atoms with Gasteiger partial charge in [0.15, 0.2) is 0 Å². The first-order chi connectivity index (χ1) is 12.5. The second kappa shape index (κ2) is 7.58. The number of pyridine rings is 1. The van der Waals surface area contributed by atoms with Gasteiger partial charge in [0.25, 0.3) is 0 Å². The van der Waals surface area contributed by atoms with Gasteiger partial charge in [-0.1, -0.05) is 43.2 Å². The van der Waals surface area contributed by atoms with Gasteiger partial charge in [-0.3, -0.25) is 4.79 Å². The molecule has 2 aromatic heterocycles. The Balaban J connectivity index is 2.36. The Morgan fingerprint density at radius 2 is 1.88 bits per heavy atom. The van der Waals surface area contributed by atoms with E-state index in [-0.39, 0.29) is 11.9 Å². The average Bonchev–Trinajstić information content (AvgIpc) is 2.98. The van der Waals surface area contributed by atoms with Crippen molar-refractivity contribution in [2.24, 2.45) is 0 Å². The number of nitrogens with zero attached hydrogens (tertiary/aromatic N) is 1. The highest BCUT2D eigenvalue weighted by atomic mass is 32.1. The zero-order valence-corrected chi connectivity index (χ0v) is 16.9. The number of aromatic nitrogens is 1. The molecule has 0 aliphatic rings. The number of carbonyl (C=O) groups is 1. The molecule has 1 unspecified atom stereocenters. The van der Waals surface area contributed by atoms with Crippen LogP contribution in [-0.4, -0.2) is 18.1 Å². The van der Waals surface area contributed by atoms with E-state index in [1.54, 1.807) is 11.3 Å². The number of thiophene rings is 1. The molecule has 1 atom stereocenters. The number of hydrogen-bond donors (Lipinski definition) is 0. The molecule has 3 nitrogen and oxygen atoms in total. The summed E-state index contributed by atoms with van der Waals surface area (Å²) in [6.45, 7) is 8.29. The minimum absolute atomic E-state index is 0.184. The molecule has 26 heavy (non-hydrogen) atoms. The van der Waals surface area contributed by atoms with E-state index in [1.807, 2.05) is 6.92 Å². The summed E-state index contributed by atoms with van der Waals surface area (Å²) in [6.07, 6.45) is 1.66. The molecule has 3 rings (SSSR count). The second-order valence-corrected chi connectivity index (χ2v) is 8.03. The predicted octanol–water partition coefficient (Wildman–Crippen LogP) is 5.95. The van der Waals surface area contributed by atoms with Gasteiger partial charge in [-0.25, -0.2) is 4.98 Å².